The summed E-state index contributed by atoms with van der Waals surface area (Å²) in [5.74, 6) is 0.955. The molecule has 1 heterocycles. The lowest BCUT2D eigenvalue weighted by molar-refractivity contribution is -0.131. The summed E-state index contributed by atoms with van der Waals surface area (Å²) < 4.78 is 11.1. The molecule has 3 rings (SSSR count). The van der Waals surface area contributed by atoms with Gasteiger partial charge in [-0.05, 0) is 49.1 Å². The van der Waals surface area contributed by atoms with Crippen LogP contribution < -0.4 is 4.74 Å². The summed E-state index contributed by atoms with van der Waals surface area (Å²) in [4.78, 5) is 19.5. The van der Waals surface area contributed by atoms with E-state index in [0.29, 0.717) is 32.7 Å². The standard InChI is InChI=1S/C25H30N2O3S/c1-19-12-20(2)14-23(13-19)30-17-24-26-22(18-31-24)16-27(10-7-11-29-3)25(28)15-21-8-5-4-6-9-21/h4-6,8-9,12-14,18H,7,10-11,15-17H2,1-3H3. The Balaban J connectivity index is 1.61. The van der Waals surface area contributed by atoms with Crippen molar-refractivity contribution in [3.8, 4) is 5.75 Å². The Kier molecular flexibility index (Phi) is 8.62. The van der Waals surface area contributed by atoms with E-state index in [4.69, 9.17) is 14.5 Å². The van der Waals surface area contributed by atoms with E-state index in [-0.39, 0.29) is 5.91 Å². The Labute approximate surface area is 188 Å². The summed E-state index contributed by atoms with van der Waals surface area (Å²) in [7, 11) is 1.68. The number of carbonyl (C=O) groups is 1. The predicted octanol–water partition coefficient (Wildman–Crippen LogP) is 4.95. The summed E-state index contributed by atoms with van der Waals surface area (Å²) >= 11 is 1.56. The first-order chi connectivity index (χ1) is 15.0. The summed E-state index contributed by atoms with van der Waals surface area (Å²) in [6.07, 6.45) is 1.19. The number of aryl methyl sites for hydroxylation is 2. The molecule has 1 amide bonds. The minimum absolute atomic E-state index is 0.100. The highest BCUT2D eigenvalue weighted by Crippen LogP contribution is 2.19. The van der Waals surface area contributed by atoms with Crippen LogP contribution >= 0.6 is 11.3 Å². The molecule has 0 aliphatic rings. The number of benzene rings is 2. The van der Waals surface area contributed by atoms with Gasteiger partial charge in [-0.1, -0.05) is 36.4 Å². The van der Waals surface area contributed by atoms with Crippen molar-refractivity contribution in [3.05, 3.63) is 81.3 Å². The molecule has 2 aromatic carbocycles. The number of rotatable bonds is 11. The number of amides is 1. The number of hydrogen-bond acceptors (Lipinski definition) is 5. The fraction of sp³-hybridized carbons (Fsp3) is 0.360. The quantitative estimate of drug-likeness (QED) is 0.398. The van der Waals surface area contributed by atoms with E-state index in [1.54, 1.807) is 18.4 Å². The maximum Gasteiger partial charge on any atom is 0.227 e. The number of hydrogen-bond donors (Lipinski definition) is 0. The molecule has 0 spiro atoms. The molecule has 31 heavy (non-hydrogen) atoms. The van der Waals surface area contributed by atoms with Crippen LogP contribution in [0, 0.1) is 13.8 Å². The maximum atomic E-state index is 12.9. The molecule has 6 heteroatoms. The number of nitrogens with zero attached hydrogens (tertiary/aromatic N) is 2. The van der Waals surface area contributed by atoms with Crippen LogP contribution in [0.25, 0.3) is 0 Å². The highest BCUT2D eigenvalue weighted by Gasteiger charge is 2.16. The molecular weight excluding hydrogens is 408 g/mol. The molecule has 0 radical (unpaired) electrons. The van der Waals surface area contributed by atoms with E-state index in [1.807, 2.05) is 52.7 Å². The minimum Gasteiger partial charge on any atom is -0.486 e. The Hall–Kier alpha value is -2.70. The number of aromatic nitrogens is 1. The van der Waals surface area contributed by atoms with Crippen molar-refractivity contribution >= 4 is 17.2 Å². The van der Waals surface area contributed by atoms with Crippen LogP contribution in [0.3, 0.4) is 0 Å². The summed E-state index contributed by atoms with van der Waals surface area (Å²) in [6.45, 7) is 6.31. The van der Waals surface area contributed by atoms with Crippen LogP contribution in [-0.4, -0.2) is 36.1 Å². The van der Waals surface area contributed by atoms with Crippen LogP contribution in [0.2, 0.25) is 0 Å². The first-order valence-electron chi connectivity index (χ1n) is 10.5. The van der Waals surface area contributed by atoms with E-state index >= 15 is 0 Å². The number of thiazole rings is 1. The number of ether oxygens (including phenoxy) is 2. The lowest BCUT2D eigenvalue weighted by atomic mass is 10.1. The zero-order chi connectivity index (χ0) is 22.1. The van der Waals surface area contributed by atoms with Gasteiger partial charge in [-0.25, -0.2) is 4.98 Å². The van der Waals surface area contributed by atoms with Gasteiger partial charge in [0.2, 0.25) is 5.91 Å². The number of carbonyl (C=O) groups excluding carboxylic acids is 1. The molecule has 0 fully saturated rings. The Morgan fingerprint density at radius 2 is 1.84 bits per heavy atom. The van der Waals surface area contributed by atoms with Crippen molar-refractivity contribution in [3.63, 3.8) is 0 Å². The summed E-state index contributed by atoms with van der Waals surface area (Å²) in [5, 5.41) is 2.92. The smallest absolute Gasteiger partial charge is 0.227 e. The van der Waals surface area contributed by atoms with E-state index in [0.717, 1.165) is 28.4 Å². The molecule has 0 unspecified atom stereocenters. The van der Waals surface area contributed by atoms with Gasteiger partial charge in [-0.3, -0.25) is 4.79 Å². The van der Waals surface area contributed by atoms with Gasteiger partial charge in [-0.2, -0.15) is 0 Å². The van der Waals surface area contributed by atoms with Gasteiger partial charge in [0, 0.05) is 25.6 Å². The fourth-order valence-corrected chi connectivity index (χ4v) is 4.11. The second kappa shape index (κ2) is 11.6. The van der Waals surface area contributed by atoms with Gasteiger partial charge in [0.25, 0.3) is 0 Å². The van der Waals surface area contributed by atoms with Crippen molar-refractivity contribution in [2.75, 3.05) is 20.3 Å². The lowest BCUT2D eigenvalue weighted by Crippen LogP contribution is -2.33. The van der Waals surface area contributed by atoms with E-state index < -0.39 is 0 Å². The van der Waals surface area contributed by atoms with Gasteiger partial charge >= 0.3 is 0 Å². The fourth-order valence-electron chi connectivity index (χ4n) is 3.42. The highest BCUT2D eigenvalue weighted by molar-refractivity contribution is 7.09. The van der Waals surface area contributed by atoms with Crippen LogP contribution in [0.5, 0.6) is 5.75 Å². The minimum atomic E-state index is 0.100. The van der Waals surface area contributed by atoms with Crippen molar-refractivity contribution < 1.29 is 14.3 Å². The summed E-state index contributed by atoms with van der Waals surface area (Å²) in [5.41, 5.74) is 4.27. The zero-order valence-electron chi connectivity index (χ0n) is 18.5. The van der Waals surface area contributed by atoms with E-state index in [1.165, 1.54) is 11.1 Å². The molecule has 3 aromatic rings. The maximum absolute atomic E-state index is 12.9. The van der Waals surface area contributed by atoms with E-state index in [9.17, 15) is 4.79 Å². The van der Waals surface area contributed by atoms with Crippen molar-refractivity contribution in [1.82, 2.24) is 9.88 Å². The molecule has 0 bridgehead atoms. The largest absolute Gasteiger partial charge is 0.486 e. The second-order valence-electron chi connectivity index (χ2n) is 7.67. The average molecular weight is 439 g/mol. The first kappa shape index (κ1) is 23.0. The van der Waals surface area contributed by atoms with Crippen LogP contribution in [0.15, 0.2) is 53.9 Å². The molecular formula is C25H30N2O3S. The molecule has 0 saturated carbocycles. The molecule has 0 N–H and O–H groups in total. The predicted molar refractivity (Wildman–Crippen MR) is 124 cm³/mol. The third-order valence-electron chi connectivity index (χ3n) is 4.84. The summed E-state index contributed by atoms with van der Waals surface area (Å²) in [6, 6.07) is 16.0. The van der Waals surface area contributed by atoms with Gasteiger partial charge in [0.15, 0.2) is 0 Å². The molecule has 0 atom stereocenters. The van der Waals surface area contributed by atoms with Crippen LogP contribution in [-0.2, 0) is 29.1 Å². The van der Waals surface area contributed by atoms with Gasteiger partial charge in [0.05, 0.1) is 18.7 Å². The first-order valence-corrected chi connectivity index (χ1v) is 11.4. The van der Waals surface area contributed by atoms with Crippen LogP contribution in [0.1, 0.15) is 33.8 Å². The molecule has 1 aromatic heterocycles. The third kappa shape index (κ3) is 7.49. The van der Waals surface area contributed by atoms with Crippen molar-refractivity contribution in [2.24, 2.45) is 0 Å². The van der Waals surface area contributed by atoms with Crippen LogP contribution in [0.4, 0.5) is 0 Å². The average Bonchev–Trinajstić information content (AvgIpc) is 3.19. The number of methoxy groups -OCH3 is 1. The molecule has 5 nitrogen and oxygen atoms in total. The highest BCUT2D eigenvalue weighted by atomic mass is 32.1. The topological polar surface area (TPSA) is 51.7 Å². The second-order valence-corrected chi connectivity index (χ2v) is 8.61. The monoisotopic (exact) mass is 438 g/mol. The van der Waals surface area contributed by atoms with Crippen molar-refractivity contribution in [1.29, 1.82) is 0 Å². The third-order valence-corrected chi connectivity index (χ3v) is 5.71. The molecule has 0 aliphatic heterocycles. The van der Waals surface area contributed by atoms with Gasteiger partial charge < -0.3 is 14.4 Å². The Bertz CT molecular complexity index is 952. The molecule has 0 saturated heterocycles. The molecule has 164 valence electrons. The van der Waals surface area contributed by atoms with Gasteiger partial charge in [-0.15, -0.1) is 11.3 Å². The van der Waals surface area contributed by atoms with E-state index in [2.05, 4.69) is 19.9 Å². The van der Waals surface area contributed by atoms with Crippen molar-refractivity contribution in [2.45, 2.75) is 39.8 Å². The Morgan fingerprint density at radius 1 is 1.10 bits per heavy atom. The SMILES string of the molecule is COCCCN(Cc1csc(COc2cc(C)cc(C)c2)n1)C(=O)Cc1ccccc1. The normalized spacial score (nSPS) is 10.8. The Morgan fingerprint density at radius 3 is 2.55 bits per heavy atom. The molecule has 0 aliphatic carbocycles. The lowest BCUT2D eigenvalue weighted by Gasteiger charge is -2.22. The van der Waals surface area contributed by atoms with Gasteiger partial charge in [0.1, 0.15) is 17.4 Å². The zero-order valence-corrected chi connectivity index (χ0v) is 19.3.